The van der Waals surface area contributed by atoms with Crippen molar-refractivity contribution in [2.45, 2.75) is 45.6 Å². The zero-order chi connectivity index (χ0) is 14.9. The molecule has 0 aromatic heterocycles. The predicted molar refractivity (Wildman–Crippen MR) is 67.8 cm³/mol. The van der Waals surface area contributed by atoms with Gasteiger partial charge in [-0.2, -0.15) is 0 Å². The van der Waals surface area contributed by atoms with Gasteiger partial charge in [-0.1, -0.05) is 13.8 Å². The van der Waals surface area contributed by atoms with Crippen LogP contribution in [0.15, 0.2) is 12.1 Å². The summed E-state index contributed by atoms with van der Waals surface area (Å²) in [4.78, 5) is 11.8. The largest absolute Gasteiger partial charge is 0.459 e. The Morgan fingerprint density at radius 1 is 1.15 bits per heavy atom. The van der Waals surface area contributed by atoms with E-state index in [1.807, 2.05) is 0 Å². The number of ether oxygens (including phenoxy) is 1. The van der Waals surface area contributed by atoms with Gasteiger partial charge in [0.25, 0.3) is 0 Å². The molecule has 0 N–H and O–H groups in total. The zero-order valence-corrected chi connectivity index (χ0v) is 11.5. The number of esters is 1. The molecule has 2 nitrogen and oxygen atoms in total. The van der Waals surface area contributed by atoms with Crippen molar-refractivity contribution in [3.05, 3.63) is 35.1 Å². The average Bonchev–Trinajstić information content (AvgIpc) is 2.37. The Hall–Kier alpha value is -1.52. The summed E-state index contributed by atoms with van der Waals surface area (Å²) in [6.45, 7) is 4.30. The van der Waals surface area contributed by atoms with Crippen LogP contribution in [0.1, 0.15) is 49.9 Å². The van der Waals surface area contributed by atoms with Crippen LogP contribution >= 0.6 is 0 Å². The Bertz CT molecular complexity index is 493. The Kier molecular flexibility index (Phi) is 4.06. The maximum Gasteiger partial charge on any atom is 0.338 e. The van der Waals surface area contributed by atoms with Gasteiger partial charge in [-0.3, -0.25) is 0 Å². The minimum absolute atomic E-state index is 0.233. The topological polar surface area (TPSA) is 26.3 Å². The lowest BCUT2D eigenvalue weighted by atomic mass is 9.76. The van der Waals surface area contributed by atoms with Crippen LogP contribution in [0.5, 0.6) is 0 Å². The van der Waals surface area contributed by atoms with Gasteiger partial charge in [-0.05, 0) is 43.2 Å². The van der Waals surface area contributed by atoms with E-state index in [4.69, 9.17) is 4.74 Å². The maximum atomic E-state index is 13.1. The molecule has 0 radical (unpaired) electrons. The highest BCUT2D eigenvalue weighted by Crippen LogP contribution is 2.36. The highest BCUT2D eigenvalue weighted by atomic mass is 19.2. The number of benzene rings is 1. The van der Waals surface area contributed by atoms with Gasteiger partial charge in [0.1, 0.15) is 6.10 Å². The molecule has 1 aromatic rings. The lowest BCUT2D eigenvalue weighted by Crippen LogP contribution is -2.28. The molecular formula is C15H17F3O2. The molecule has 0 saturated heterocycles. The third-order valence-electron chi connectivity index (χ3n) is 3.78. The number of carbonyl (C=O) groups excluding carboxylic acids is 1. The molecule has 0 bridgehead atoms. The standard InChI is InChI=1S/C15H17F3O2/c1-15(2)5-3-10(4-6-15)20-14(19)9-7-11(16)13(18)12(17)8-9/h7-8,10H,3-6H2,1-2H3. The third kappa shape index (κ3) is 3.32. The van der Waals surface area contributed by atoms with Crippen LogP contribution in [0, 0.1) is 22.9 Å². The van der Waals surface area contributed by atoms with Crippen molar-refractivity contribution >= 4 is 5.97 Å². The predicted octanol–water partition coefficient (Wildman–Crippen LogP) is 4.23. The molecule has 0 unspecified atom stereocenters. The van der Waals surface area contributed by atoms with Gasteiger partial charge in [-0.15, -0.1) is 0 Å². The Balaban J connectivity index is 2.02. The second-order valence-electron chi connectivity index (χ2n) is 6.02. The number of hydrogen-bond acceptors (Lipinski definition) is 2. The van der Waals surface area contributed by atoms with Gasteiger partial charge in [-0.25, -0.2) is 18.0 Å². The number of halogens is 3. The Labute approximate surface area is 115 Å². The first kappa shape index (κ1) is 14.9. The molecule has 2 rings (SSSR count). The fourth-order valence-corrected chi connectivity index (χ4v) is 2.38. The molecule has 1 aliphatic rings. The van der Waals surface area contributed by atoms with Gasteiger partial charge in [0, 0.05) is 0 Å². The van der Waals surface area contributed by atoms with Crippen molar-refractivity contribution < 1.29 is 22.7 Å². The van der Waals surface area contributed by atoms with E-state index in [0.29, 0.717) is 12.1 Å². The summed E-state index contributed by atoms with van der Waals surface area (Å²) in [5, 5.41) is 0. The molecule has 1 saturated carbocycles. The molecule has 0 amide bonds. The van der Waals surface area contributed by atoms with Crippen molar-refractivity contribution in [2.24, 2.45) is 5.41 Å². The van der Waals surface area contributed by atoms with Crippen LogP contribution in [0.25, 0.3) is 0 Å². The second-order valence-corrected chi connectivity index (χ2v) is 6.02. The van der Waals surface area contributed by atoms with E-state index in [-0.39, 0.29) is 17.1 Å². The molecule has 0 atom stereocenters. The van der Waals surface area contributed by atoms with Gasteiger partial charge < -0.3 is 4.74 Å². The summed E-state index contributed by atoms with van der Waals surface area (Å²) < 4.78 is 44.2. The maximum absolute atomic E-state index is 13.1. The van der Waals surface area contributed by atoms with E-state index in [1.54, 1.807) is 0 Å². The molecule has 0 aliphatic heterocycles. The fraction of sp³-hybridized carbons (Fsp3) is 0.533. The molecule has 1 fully saturated rings. The molecule has 0 heterocycles. The molecular weight excluding hydrogens is 269 g/mol. The van der Waals surface area contributed by atoms with Crippen LogP contribution in [0.2, 0.25) is 0 Å². The average molecular weight is 286 g/mol. The van der Waals surface area contributed by atoms with Crippen molar-refractivity contribution in [1.82, 2.24) is 0 Å². The van der Waals surface area contributed by atoms with E-state index in [1.165, 1.54) is 0 Å². The number of rotatable bonds is 2. The van der Waals surface area contributed by atoms with Gasteiger partial charge >= 0.3 is 5.97 Å². The van der Waals surface area contributed by atoms with Crippen LogP contribution in [0.4, 0.5) is 13.2 Å². The van der Waals surface area contributed by atoms with E-state index in [9.17, 15) is 18.0 Å². The van der Waals surface area contributed by atoms with Crippen LogP contribution in [-0.4, -0.2) is 12.1 Å². The summed E-state index contributed by atoms with van der Waals surface area (Å²) in [5.41, 5.74) is -0.0666. The Morgan fingerprint density at radius 3 is 2.15 bits per heavy atom. The minimum atomic E-state index is -1.58. The van der Waals surface area contributed by atoms with E-state index < -0.39 is 23.4 Å². The van der Waals surface area contributed by atoms with Crippen LogP contribution in [0.3, 0.4) is 0 Å². The van der Waals surface area contributed by atoms with Gasteiger partial charge in [0.2, 0.25) is 0 Å². The monoisotopic (exact) mass is 286 g/mol. The molecule has 1 aromatic carbocycles. The van der Waals surface area contributed by atoms with Gasteiger partial charge in [0.05, 0.1) is 5.56 Å². The first-order valence-electron chi connectivity index (χ1n) is 6.64. The number of hydrogen-bond donors (Lipinski definition) is 0. The summed E-state index contributed by atoms with van der Waals surface area (Å²) in [6, 6.07) is 1.32. The molecule has 20 heavy (non-hydrogen) atoms. The summed E-state index contributed by atoms with van der Waals surface area (Å²) in [7, 11) is 0. The highest BCUT2D eigenvalue weighted by Gasteiger charge is 2.29. The van der Waals surface area contributed by atoms with Crippen LogP contribution < -0.4 is 0 Å². The lowest BCUT2D eigenvalue weighted by molar-refractivity contribution is 0.00940. The number of carbonyl (C=O) groups is 1. The smallest absolute Gasteiger partial charge is 0.338 e. The summed E-state index contributed by atoms with van der Waals surface area (Å²) in [6.07, 6.45) is 3.07. The first-order valence-corrected chi connectivity index (χ1v) is 6.64. The summed E-state index contributed by atoms with van der Waals surface area (Å²) >= 11 is 0. The lowest BCUT2D eigenvalue weighted by Gasteiger charge is -2.33. The summed E-state index contributed by atoms with van der Waals surface area (Å²) in [5.74, 6) is -5.17. The molecule has 110 valence electrons. The van der Waals surface area contributed by atoms with Crippen molar-refractivity contribution in [3.63, 3.8) is 0 Å². The SMILES string of the molecule is CC1(C)CCC(OC(=O)c2cc(F)c(F)c(F)c2)CC1. The normalized spacial score (nSPS) is 18.9. The molecule has 1 aliphatic carbocycles. The van der Waals surface area contributed by atoms with E-state index in [0.717, 1.165) is 25.7 Å². The van der Waals surface area contributed by atoms with E-state index >= 15 is 0 Å². The Morgan fingerprint density at radius 2 is 1.65 bits per heavy atom. The van der Waals surface area contributed by atoms with Crippen molar-refractivity contribution in [2.75, 3.05) is 0 Å². The van der Waals surface area contributed by atoms with Crippen molar-refractivity contribution in [1.29, 1.82) is 0 Å². The van der Waals surface area contributed by atoms with E-state index in [2.05, 4.69) is 13.8 Å². The zero-order valence-electron chi connectivity index (χ0n) is 11.5. The second kappa shape index (κ2) is 5.46. The highest BCUT2D eigenvalue weighted by molar-refractivity contribution is 5.89. The van der Waals surface area contributed by atoms with Crippen LogP contribution in [-0.2, 0) is 4.74 Å². The third-order valence-corrected chi connectivity index (χ3v) is 3.78. The molecule has 0 spiro atoms. The fourth-order valence-electron chi connectivity index (χ4n) is 2.38. The first-order chi connectivity index (χ1) is 9.28. The van der Waals surface area contributed by atoms with Gasteiger partial charge in [0.15, 0.2) is 17.5 Å². The van der Waals surface area contributed by atoms with Crippen molar-refractivity contribution in [3.8, 4) is 0 Å². The minimum Gasteiger partial charge on any atom is -0.459 e. The quantitative estimate of drug-likeness (QED) is 0.600. The molecule has 5 heteroatoms.